The fourth-order valence-corrected chi connectivity index (χ4v) is 1.91. The van der Waals surface area contributed by atoms with E-state index in [9.17, 15) is 22.4 Å². The van der Waals surface area contributed by atoms with Crippen molar-refractivity contribution in [3.05, 3.63) is 29.3 Å². The molecule has 0 spiro atoms. The van der Waals surface area contributed by atoms with E-state index in [0.717, 1.165) is 4.90 Å². The molecule has 1 N–H and O–H groups in total. The third-order valence-electron chi connectivity index (χ3n) is 3.15. The number of carboxylic acid groups (broad SMARTS) is 1. The van der Waals surface area contributed by atoms with Gasteiger partial charge in [0.1, 0.15) is 12.7 Å². The van der Waals surface area contributed by atoms with Crippen molar-refractivity contribution >= 4 is 11.7 Å². The Balaban J connectivity index is 3.15. The Morgan fingerprint density at radius 3 is 2.55 bits per heavy atom. The zero-order chi connectivity index (χ0) is 16.9. The molecule has 1 aromatic rings. The highest BCUT2D eigenvalue weighted by Gasteiger charge is 2.30. The third-order valence-corrected chi connectivity index (χ3v) is 3.15. The van der Waals surface area contributed by atoms with Crippen molar-refractivity contribution in [1.29, 1.82) is 5.26 Å². The highest BCUT2D eigenvalue weighted by molar-refractivity contribution is 5.78. The van der Waals surface area contributed by atoms with E-state index < -0.39 is 37.8 Å². The SMILES string of the molecule is CC(C(=O)O)N(CCC(F)(F)F)c1ccc(C#N)c(CF)c1. The summed E-state index contributed by atoms with van der Waals surface area (Å²) in [5.41, 5.74) is 0.199. The van der Waals surface area contributed by atoms with E-state index >= 15 is 0 Å². The van der Waals surface area contributed by atoms with Gasteiger partial charge in [-0.05, 0) is 25.1 Å². The average molecular weight is 318 g/mol. The molecule has 22 heavy (non-hydrogen) atoms. The first-order valence-corrected chi connectivity index (χ1v) is 6.34. The number of carbonyl (C=O) groups is 1. The van der Waals surface area contributed by atoms with E-state index in [0.29, 0.717) is 0 Å². The molecule has 4 nitrogen and oxygen atoms in total. The molecule has 0 aliphatic carbocycles. The van der Waals surface area contributed by atoms with E-state index in [-0.39, 0.29) is 16.8 Å². The second kappa shape index (κ2) is 7.11. The highest BCUT2D eigenvalue weighted by Crippen LogP contribution is 2.26. The smallest absolute Gasteiger partial charge is 0.390 e. The molecule has 1 atom stereocenters. The Morgan fingerprint density at radius 1 is 1.45 bits per heavy atom. The Hall–Kier alpha value is -2.30. The van der Waals surface area contributed by atoms with Crippen molar-refractivity contribution in [2.24, 2.45) is 0 Å². The summed E-state index contributed by atoms with van der Waals surface area (Å²) in [7, 11) is 0. The second-order valence-electron chi connectivity index (χ2n) is 4.66. The summed E-state index contributed by atoms with van der Waals surface area (Å²) in [5.74, 6) is -1.30. The number of nitriles is 1. The lowest BCUT2D eigenvalue weighted by atomic mass is 10.1. The lowest BCUT2D eigenvalue weighted by Crippen LogP contribution is -2.41. The number of anilines is 1. The van der Waals surface area contributed by atoms with Gasteiger partial charge < -0.3 is 10.0 Å². The molecule has 0 aliphatic heterocycles. The standard InChI is InChI=1S/C14H14F4N2O2/c1-9(13(21)22)20(5-4-14(16,17)18)12-3-2-10(8-19)11(6-12)7-15/h2-3,6,9H,4-5,7H2,1H3,(H,21,22). The molecular formula is C14H14F4N2O2. The van der Waals surface area contributed by atoms with Crippen LogP contribution in [-0.4, -0.2) is 29.8 Å². The minimum atomic E-state index is -4.44. The first kappa shape index (κ1) is 17.8. The number of aliphatic carboxylic acids is 1. The predicted molar refractivity (Wildman–Crippen MR) is 71.1 cm³/mol. The van der Waals surface area contributed by atoms with Crippen molar-refractivity contribution < 1.29 is 27.5 Å². The minimum absolute atomic E-state index is 0.00889. The van der Waals surface area contributed by atoms with Crippen molar-refractivity contribution in [3.63, 3.8) is 0 Å². The lowest BCUT2D eigenvalue weighted by molar-refractivity contribution is -0.140. The van der Waals surface area contributed by atoms with Crippen LogP contribution >= 0.6 is 0 Å². The Morgan fingerprint density at radius 2 is 2.09 bits per heavy atom. The van der Waals surface area contributed by atoms with Crippen LogP contribution in [0.4, 0.5) is 23.2 Å². The number of hydrogen-bond donors (Lipinski definition) is 1. The molecule has 0 saturated heterocycles. The number of benzene rings is 1. The molecule has 0 heterocycles. The van der Waals surface area contributed by atoms with Gasteiger partial charge in [0.2, 0.25) is 0 Å². The Bertz CT molecular complexity index is 581. The number of halogens is 4. The topological polar surface area (TPSA) is 64.3 Å². The number of rotatable bonds is 6. The molecular weight excluding hydrogens is 304 g/mol. The molecule has 0 aromatic heterocycles. The maximum Gasteiger partial charge on any atom is 0.390 e. The highest BCUT2D eigenvalue weighted by atomic mass is 19.4. The van der Waals surface area contributed by atoms with Crippen LogP contribution in [0.1, 0.15) is 24.5 Å². The molecule has 0 amide bonds. The Labute approximate surface area is 124 Å². The van der Waals surface area contributed by atoms with E-state index in [2.05, 4.69) is 0 Å². The molecule has 1 unspecified atom stereocenters. The zero-order valence-electron chi connectivity index (χ0n) is 11.7. The number of carboxylic acids is 1. The van der Waals surface area contributed by atoms with Crippen LogP contribution in [0.25, 0.3) is 0 Å². The van der Waals surface area contributed by atoms with E-state index in [1.807, 2.05) is 0 Å². The normalized spacial score (nSPS) is 12.5. The van der Waals surface area contributed by atoms with Gasteiger partial charge in [-0.1, -0.05) is 0 Å². The van der Waals surface area contributed by atoms with E-state index in [4.69, 9.17) is 10.4 Å². The summed E-state index contributed by atoms with van der Waals surface area (Å²) in [4.78, 5) is 12.1. The lowest BCUT2D eigenvalue weighted by Gasteiger charge is -2.29. The van der Waals surface area contributed by atoms with E-state index in [1.54, 1.807) is 6.07 Å². The summed E-state index contributed by atoms with van der Waals surface area (Å²) >= 11 is 0. The molecule has 0 fully saturated rings. The van der Waals surface area contributed by atoms with Gasteiger partial charge in [-0.3, -0.25) is 0 Å². The van der Waals surface area contributed by atoms with Crippen LogP contribution in [0.3, 0.4) is 0 Å². The van der Waals surface area contributed by atoms with Gasteiger partial charge in [-0.2, -0.15) is 18.4 Å². The molecule has 0 aliphatic rings. The number of hydrogen-bond acceptors (Lipinski definition) is 3. The van der Waals surface area contributed by atoms with Crippen LogP contribution in [0, 0.1) is 11.3 Å². The Kier molecular flexibility index (Phi) is 5.74. The summed E-state index contributed by atoms with van der Waals surface area (Å²) < 4.78 is 50.0. The maximum atomic E-state index is 12.9. The first-order chi connectivity index (χ1) is 10.2. The van der Waals surface area contributed by atoms with Gasteiger partial charge in [0.05, 0.1) is 18.1 Å². The fourth-order valence-electron chi connectivity index (χ4n) is 1.91. The monoisotopic (exact) mass is 318 g/mol. The molecule has 1 rings (SSSR count). The van der Waals surface area contributed by atoms with Crippen molar-refractivity contribution in [2.45, 2.75) is 32.2 Å². The van der Waals surface area contributed by atoms with Crippen LogP contribution in [0.5, 0.6) is 0 Å². The van der Waals surface area contributed by atoms with Crippen LogP contribution in [-0.2, 0) is 11.5 Å². The summed E-state index contributed by atoms with van der Waals surface area (Å²) in [6.07, 6.45) is -5.64. The van der Waals surface area contributed by atoms with Crippen molar-refractivity contribution in [3.8, 4) is 6.07 Å². The summed E-state index contributed by atoms with van der Waals surface area (Å²) in [5, 5.41) is 17.8. The predicted octanol–water partition coefficient (Wildman–Crippen LogP) is 3.26. The summed E-state index contributed by atoms with van der Waals surface area (Å²) in [6, 6.07) is 4.33. The van der Waals surface area contributed by atoms with Crippen LogP contribution in [0.2, 0.25) is 0 Å². The molecule has 1 aromatic carbocycles. The number of nitrogens with zero attached hydrogens (tertiary/aromatic N) is 2. The molecule has 8 heteroatoms. The maximum absolute atomic E-state index is 12.9. The van der Waals surface area contributed by atoms with E-state index in [1.165, 1.54) is 25.1 Å². The van der Waals surface area contributed by atoms with Gasteiger partial charge in [-0.25, -0.2) is 9.18 Å². The second-order valence-corrected chi connectivity index (χ2v) is 4.66. The van der Waals surface area contributed by atoms with Gasteiger partial charge in [0.25, 0.3) is 0 Å². The zero-order valence-corrected chi connectivity index (χ0v) is 11.7. The van der Waals surface area contributed by atoms with Crippen molar-refractivity contribution in [2.75, 3.05) is 11.4 Å². The van der Waals surface area contributed by atoms with Gasteiger partial charge in [-0.15, -0.1) is 0 Å². The molecule has 0 saturated carbocycles. The first-order valence-electron chi connectivity index (χ1n) is 6.34. The minimum Gasteiger partial charge on any atom is -0.480 e. The van der Waals surface area contributed by atoms with Gasteiger partial charge in [0, 0.05) is 17.8 Å². The molecule has 120 valence electrons. The van der Waals surface area contributed by atoms with Gasteiger partial charge >= 0.3 is 12.1 Å². The van der Waals surface area contributed by atoms with Crippen LogP contribution < -0.4 is 4.90 Å². The number of alkyl halides is 4. The average Bonchev–Trinajstić information content (AvgIpc) is 2.45. The van der Waals surface area contributed by atoms with Crippen molar-refractivity contribution in [1.82, 2.24) is 0 Å². The molecule has 0 bridgehead atoms. The third kappa shape index (κ3) is 4.62. The summed E-state index contributed by atoms with van der Waals surface area (Å²) in [6.45, 7) is -0.300. The largest absolute Gasteiger partial charge is 0.480 e. The van der Waals surface area contributed by atoms with Crippen LogP contribution in [0.15, 0.2) is 18.2 Å². The molecule has 0 radical (unpaired) electrons. The quantitative estimate of drug-likeness (QED) is 0.818. The fraction of sp³-hybridized carbons (Fsp3) is 0.429. The van der Waals surface area contributed by atoms with Gasteiger partial charge in [0.15, 0.2) is 0 Å².